The molecule has 3 nitrogen and oxygen atoms in total. The largest absolute Gasteiger partial charge is 0.397 e. The van der Waals surface area contributed by atoms with Gasteiger partial charge in [0.15, 0.2) is 0 Å². The van der Waals surface area contributed by atoms with Crippen LogP contribution in [-0.4, -0.2) is 13.1 Å². The summed E-state index contributed by atoms with van der Waals surface area (Å²) in [6, 6.07) is 4.15. The van der Waals surface area contributed by atoms with Gasteiger partial charge in [-0.15, -0.1) is 11.3 Å². The molecule has 0 aromatic carbocycles. The number of anilines is 2. The van der Waals surface area contributed by atoms with Crippen LogP contribution in [0.5, 0.6) is 0 Å². The maximum atomic E-state index is 8.98. The number of rotatable bonds is 1. The minimum Gasteiger partial charge on any atom is -0.397 e. The van der Waals surface area contributed by atoms with E-state index in [4.69, 9.17) is 11.0 Å². The zero-order valence-electron chi connectivity index (χ0n) is 10.6. The van der Waals surface area contributed by atoms with Crippen molar-refractivity contribution in [2.24, 2.45) is 5.41 Å². The van der Waals surface area contributed by atoms with Gasteiger partial charge in [-0.2, -0.15) is 5.26 Å². The lowest BCUT2D eigenvalue weighted by Crippen LogP contribution is -2.28. The van der Waals surface area contributed by atoms with E-state index >= 15 is 0 Å². The molecule has 0 unspecified atom stereocenters. The van der Waals surface area contributed by atoms with Crippen LogP contribution < -0.4 is 10.6 Å². The fourth-order valence-electron chi connectivity index (χ4n) is 3.47. The second-order valence-electron chi connectivity index (χ2n) is 5.71. The van der Waals surface area contributed by atoms with E-state index in [0.29, 0.717) is 16.0 Å². The number of thiophene rings is 1. The Morgan fingerprint density at radius 3 is 2.72 bits per heavy atom. The highest BCUT2D eigenvalue weighted by atomic mass is 32.1. The first kappa shape index (κ1) is 11.9. The number of nitrogens with zero attached hydrogens (tertiary/aromatic N) is 2. The molecular formula is C14H19N3S. The highest BCUT2D eigenvalue weighted by molar-refractivity contribution is 7.17. The molecule has 1 aliphatic carbocycles. The zero-order valence-corrected chi connectivity index (χ0v) is 11.4. The van der Waals surface area contributed by atoms with Crippen LogP contribution in [0.4, 0.5) is 10.7 Å². The molecule has 96 valence electrons. The van der Waals surface area contributed by atoms with Gasteiger partial charge in [-0.05, 0) is 30.7 Å². The fourth-order valence-corrected chi connectivity index (χ4v) is 4.37. The highest BCUT2D eigenvalue weighted by Gasteiger charge is 2.39. The third-order valence-electron chi connectivity index (χ3n) is 4.51. The number of nitrogen functional groups attached to an aromatic ring is 1. The summed E-state index contributed by atoms with van der Waals surface area (Å²) in [5.74, 6) is 0. The summed E-state index contributed by atoms with van der Waals surface area (Å²) in [5, 5.41) is 10.2. The Balaban J connectivity index is 1.77. The van der Waals surface area contributed by atoms with Gasteiger partial charge in [-0.3, -0.25) is 0 Å². The lowest BCUT2D eigenvalue weighted by molar-refractivity contribution is 0.219. The summed E-state index contributed by atoms with van der Waals surface area (Å²) in [6.07, 6.45) is 8.28. The quantitative estimate of drug-likeness (QED) is 0.843. The van der Waals surface area contributed by atoms with Crippen LogP contribution in [0.1, 0.15) is 43.4 Å². The van der Waals surface area contributed by atoms with E-state index in [9.17, 15) is 0 Å². The van der Waals surface area contributed by atoms with Crippen molar-refractivity contribution in [2.75, 3.05) is 23.7 Å². The summed E-state index contributed by atoms with van der Waals surface area (Å²) >= 11 is 1.54. The molecule has 2 fully saturated rings. The zero-order chi connectivity index (χ0) is 12.6. The van der Waals surface area contributed by atoms with Crippen molar-refractivity contribution in [2.45, 2.75) is 38.5 Å². The number of nitriles is 1. The van der Waals surface area contributed by atoms with E-state index in [1.165, 1.54) is 43.5 Å². The van der Waals surface area contributed by atoms with Gasteiger partial charge in [0.05, 0.1) is 10.7 Å². The Hall–Kier alpha value is -1.21. The van der Waals surface area contributed by atoms with E-state index in [-0.39, 0.29) is 0 Å². The molecule has 1 aromatic rings. The van der Waals surface area contributed by atoms with Crippen molar-refractivity contribution in [1.29, 1.82) is 5.26 Å². The van der Waals surface area contributed by atoms with Crippen molar-refractivity contribution < 1.29 is 0 Å². The molecule has 0 bridgehead atoms. The normalized spacial score (nSPS) is 22.3. The summed E-state index contributed by atoms with van der Waals surface area (Å²) < 4.78 is 0. The fraction of sp³-hybridized carbons (Fsp3) is 0.643. The average Bonchev–Trinajstić information content (AvgIpc) is 2.95. The first-order valence-corrected chi connectivity index (χ1v) is 7.58. The van der Waals surface area contributed by atoms with Crippen molar-refractivity contribution in [3.63, 3.8) is 0 Å². The van der Waals surface area contributed by atoms with E-state index in [0.717, 1.165) is 13.1 Å². The third kappa shape index (κ3) is 1.97. The van der Waals surface area contributed by atoms with Crippen LogP contribution in [-0.2, 0) is 0 Å². The van der Waals surface area contributed by atoms with Gasteiger partial charge in [-0.25, -0.2) is 0 Å². The van der Waals surface area contributed by atoms with Crippen LogP contribution in [0.2, 0.25) is 0 Å². The standard InChI is InChI=1S/C14H19N3S/c15-9-12-11(16)8-13(18-12)17-7-6-14(10-17)4-2-1-3-5-14/h8H,1-7,10,16H2. The van der Waals surface area contributed by atoms with Crippen LogP contribution in [0, 0.1) is 16.7 Å². The Kier molecular flexibility index (Phi) is 2.95. The first-order valence-electron chi connectivity index (χ1n) is 6.77. The number of hydrogen-bond acceptors (Lipinski definition) is 4. The Labute approximate surface area is 112 Å². The van der Waals surface area contributed by atoms with E-state index in [2.05, 4.69) is 11.0 Å². The van der Waals surface area contributed by atoms with Crippen molar-refractivity contribution in [1.82, 2.24) is 0 Å². The molecule has 0 radical (unpaired) electrons. The summed E-state index contributed by atoms with van der Waals surface area (Å²) in [5.41, 5.74) is 7.05. The smallest absolute Gasteiger partial charge is 0.129 e. The van der Waals surface area contributed by atoms with Crippen molar-refractivity contribution in [3.05, 3.63) is 10.9 Å². The Morgan fingerprint density at radius 1 is 1.28 bits per heavy atom. The molecule has 0 atom stereocenters. The average molecular weight is 261 g/mol. The highest BCUT2D eigenvalue weighted by Crippen LogP contribution is 2.46. The molecule has 4 heteroatoms. The minimum atomic E-state index is 0.559. The molecule has 1 aromatic heterocycles. The summed E-state index contributed by atoms with van der Waals surface area (Å²) in [7, 11) is 0. The lowest BCUT2D eigenvalue weighted by atomic mass is 9.73. The Bertz CT molecular complexity index is 480. The van der Waals surface area contributed by atoms with E-state index in [1.54, 1.807) is 11.3 Å². The van der Waals surface area contributed by atoms with E-state index in [1.807, 2.05) is 6.07 Å². The SMILES string of the molecule is N#Cc1sc(N2CCC3(CCCCC3)C2)cc1N. The molecule has 3 rings (SSSR count). The van der Waals surface area contributed by atoms with Crippen LogP contribution >= 0.6 is 11.3 Å². The molecule has 2 N–H and O–H groups in total. The minimum absolute atomic E-state index is 0.559. The van der Waals surface area contributed by atoms with Crippen molar-refractivity contribution >= 4 is 22.0 Å². The van der Waals surface area contributed by atoms with Gasteiger partial charge in [-0.1, -0.05) is 19.3 Å². The second-order valence-corrected chi connectivity index (χ2v) is 6.74. The topological polar surface area (TPSA) is 53.0 Å². The van der Waals surface area contributed by atoms with Crippen LogP contribution in [0.3, 0.4) is 0 Å². The van der Waals surface area contributed by atoms with Crippen LogP contribution in [0.25, 0.3) is 0 Å². The summed E-state index contributed by atoms with van der Waals surface area (Å²) in [6.45, 7) is 2.29. The second kappa shape index (κ2) is 4.47. The molecule has 18 heavy (non-hydrogen) atoms. The monoisotopic (exact) mass is 261 g/mol. The van der Waals surface area contributed by atoms with Gasteiger partial charge in [0.25, 0.3) is 0 Å². The molecule has 1 aliphatic heterocycles. The van der Waals surface area contributed by atoms with Gasteiger partial charge in [0.2, 0.25) is 0 Å². The van der Waals surface area contributed by atoms with Gasteiger partial charge < -0.3 is 10.6 Å². The van der Waals surface area contributed by atoms with Gasteiger partial charge in [0, 0.05) is 13.1 Å². The molecule has 2 aliphatic rings. The lowest BCUT2D eigenvalue weighted by Gasteiger charge is -2.33. The summed E-state index contributed by atoms with van der Waals surface area (Å²) in [4.78, 5) is 3.10. The number of nitrogens with two attached hydrogens (primary N) is 1. The predicted molar refractivity (Wildman–Crippen MR) is 75.8 cm³/mol. The molecule has 2 heterocycles. The predicted octanol–water partition coefficient (Wildman–Crippen LogP) is 3.36. The van der Waals surface area contributed by atoms with Crippen LogP contribution in [0.15, 0.2) is 6.07 Å². The number of hydrogen-bond donors (Lipinski definition) is 1. The first-order chi connectivity index (χ1) is 8.72. The van der Waals surface area contributed by atoms with Crippen molar-refractivity contribution in [3.8, 4) is 6.07 Å². The molecule has 0 amide bonds. The van der Waals surface area contributed by atoms with Gasteiger partial charge in [0.1, 0.15) is 10.9 Å². The van der Waals surface area contributed by atoms with Gasteiger partial charge >= 0.3 is 0 Å². The molecule has 1 saturated heterocycles. The molecular weight excluding hydrogens is 242 g/mol. The molecule has 1 spiro atoms. The van der Waals surface area contributed by atoms with E-state index < -0.39 is 0 Å². The third-order valence-corrected chi connectivity index (χ3v) is 5.63. The maximum absolute atomic E-state index is 8.98. The molecule has 1 saturated carbocycles. The maximum Gasteiger partial charge on any atom is 0.129 e. The Morgan fingerprint density at radius 2 is 2.06 bits per heavy atom.